The van der Waals surface area contributed by atoms with E-state index in [2.05, 4.69) is 0 Å². The topological polar surface area (TPSA) is 66.9 Å². The molecule has 1 aliphatic rings. The summed E-state index contributed by atoms with van der Waals surface area (Å²) >= 11 is 0. The highest BCUT2D eigenvalue weighted by Crippen LogP contribution is 2.31. The standard InChI is InChI=1S/C23H24N2O4S/c1-24(20-11-9-17-7-3-4-8-18(17)15-20)23(26)19-10-12-21(29-2)22(16-19)30(27,28)25-13-5-6-14-25/h3-4,7-12,15-16H,5-6,13-14H2,1-2H3. The predicted octanol–water partition coefficient (Wildman–Crippen LogP) is 3.91. The van der Waals surface area contributed by atoms with E-state index in [0.29, 0.717) is 18.7 Å². The molecule has 0 bridgehead atoms. The first kappa shape index (κ1) is 20.4. The van der Waals surface area contributed by atoms with Gasteiger partial charge in [-0.2, -0.15) is 4.31 Å². The van der Waals surface area contributed by atoms with Crippen molar-refractivity contribution in [3.8, 4) is 5.75 Å². The number of sulfonamides is 1. The van der Waals surface area contributed by atoms with Crippen LogP contribution in [0.2, 0.25) is 0 Å². The Hall–Kier alpha value is -2.90. The average molecular weight is 425 g/mol. The number of benzene rings is 3. The Morgan fingerprint density at radius 2 is 1.67 bits per heavy atom. The summed E-state index contributed by atoms with van der Waals surface area (Å²) in [6, 6.07) is 18.3. The maximum atomic E-state index is 13.2. The first-order chi connectivity index (χ1) is 14.4. The maximum Gasteiger partial charge on any atom is 0.258 e. The molecule has 1 saturated heterocycles. The third kappa shape index (κ3) is 3.66. The molecule has 0 unspecified atom stereocenters. The summed E-state index contributed by atoms with van der Waals surface area (Å²) in [7, 11) is -0.602. The van der Waals surface area contributed by atoms with Gasteiger partial charge in [0.2, 0.25) is 10.0 Å². The second-order valence-electron chi connectivity index (χ2n) is 7.37. The summed E-state index contributed by atoms with van der Waals surface area (Å²) in [6.07, 6.45) is 1.68. The lowest BCUT2D eigenvalue weighted by Gasteiger charge is -2.21. The van der Waals surface area contributed by atoms with Crippen LogP contribution in [-0.2, 0) is 10.0 Å². The Kier molecular flexibility index (Phi) is 5.49. The van der Waals surface area contributed by atoms with E-state index >= 15 is 0 Å². The number of methoxy groups -OCH3 is 1. The van der Waals surface area contributed by atoms with Gasteiger partial charge >= 0.3 is 0 Å². The lowest BCUT2D eigenvalue weighted by Crippen LogP contribution is -2.29. The molecule has 3 aromatic carbocycles. The molecule has 0 atom stereocenters. The Balaban J connectivity index is 1.69. The van der Waals surface area contributed by atoms with Gasteiger partial charge in [0.25, 0.3) is 5.91 Å². The molecule has 0 N–H and O–H groups in total. The minimum Gasteiger partial charge on any atom is -0.495 e. The molecular formula is C23H24N2O4S. The second-order valence-corrected chi connectivity index (χ2v) is 9.28. The van der Waals surface area contributed by atoms with Gasteiger partial charge in [-0.3, -0.25) is 4.79 Å². The summed E-state index contributed by atoms with van der Waals surface area (Å²) in [5.74, 6) is -0.0439. The number of nitrogens with zero attached hydrogens (tertiary/aromatic N) is 2. The highest BCUT2D eigenvalue weighted by Gasteiger charge is 2.31. The molecule has 1 aliphatic heterocycles. The Morgan fingerprint density at radius 3 is 2.37 bits per heavy atom. The number of rotatable bonds is 5. The van der Waals surface area contributed by atoms with E-state index in [0.717, 1.165) is 29.3 Å². The van der Waals surface area contributed by atoms with E-state index in [1.54, 1.807) is 19.2 Å². The van der Waals surface area contributed by atoms with E-state index in [-0.39, 0.29) is 16.6 Å². The van der Waals surface area contributed by atoms with Crippen LogP contribution < -0.4 is 9.64 Å². The van der Waals surface area contributed by atoms with E-state index in [1.165, 1.54) is 22.4 Å². The zero-order valence-corrected chi connectivity index (χ0v) is 17.9. The molecule has 0 spiro atoms. The molecule has 0 saturated carbocycles. The van der Waals surface area contributed by atoms with Crippen LogP contribution in [0.4, 0.5) is 5.69 Å². The normalized spacial score (nSPS) is 14.7. The monoisotopic (exact) mass is 424 g/mol. The van der Waals surface area contributed by atoms with Crippen molar-refractivity contribution in [1.29, 1.82) is 0 Å². The number of fused-ring (bicyclic) bond motifs is 1. The largest absolute Gasteiger partial charge is 0.495 e. The molecular weight excluding hydrogens is 400 g/mol. The van der Waals surface area contributed by atoms with Gasteiger partial charge in [-0.25, -0.2) is 8.42 Å². The second kappa shape index (κ2) is 8.08. The smallest absolute Gasteiger partial charge is 0.258 e. The molecule has 3 aromatic rings. The average Bonchev–Trinajstić information content (AvgIpc) is 3.33. The molecule has 1 fully saturated rings. The lowest BCUT2D eigenvalue weighted by molar-refractivity contribution is 0.0993. The van der Waals surface area contributed by atoms with Crippen molar-refractivity contribution in [1.82, 2.24) is 4.31 Å². The van der Waals surface area contributed by atoms with E-state index in [4.69, 9.17) is 4.74 Å². The first-order valence-electron chi connectivity index (χ1n) is 9.87. The fourth-order valence-corrected chi connectivity index (χ4v) is 5.47. The van der Waals surface area contributed by atoms with E-state index in [1.807, 2.05) is 42.5 Å². The summed E-state index contributed by atoms with van der Waals surface area (Å²) in [6.45, 7) is 0.974. The van der Waals surface area contributed by atoms with Crippen molar-refractivity contribution in [2.24, 2.45) is 0 Å². The lowest BCUT2D eigenvalue weighted by atomic mass is 10.1. The van der Waals surface area contributed by atoms with Crippen molar-refractivity contribution < 1.29 is 17.9 Å². The summed E-state index contributed by atoms with van der Waals surface area (Å²) in [4.78, 5) is 14.7. The fraction of sp³-hybridized carbons (Fsp3) is 0.261. The molecule has 0 aliphatic carbocycles. The van der Waals surface area contributed by atoms with Gasteiger partial charge in [-0.15, -0.1) is 0 Å². The molecule has 4 rings (SSSR count). The number of ether oxygens (including phenoxy) is 1. The molecule has 0 radical (unpaired) electrons. The molecule has 156 valence electrons. The van der Waals surface area contributed by atoms with Gasteiger partial charge in [0, 0.05) is 31.4 Å². The van der Waals surface area contributed by atoms with E-state index < -0.39 is 10.0 Å². The molecule has 30 heavy (non-hydrogen) atoms. The van der Waals surface area contributed by atoms with Crippen molar-refractivity contribution in [3.05, 3.63) is 66.2 Å². The number of anilines is 1. The van der Waals surface area contributed by atoms with Gasteiger partial charge in [0.1, 0.15) is 10.6 Å². The van der Waals surface area contributed by atoms with Crippen LogP contribution in [0.15, 0.2) is 65.6 Å². The van der Waals surface area contributed by atoms with Gasteiger partial charge < -0.3 is 9.64 Å². The van der Waals surface area contributed by atoms with Crippen LogP contribution in [0.25, 0.3) is 10.8 Å². The predicted molar refractivity (Wildman–Crippen MR) is 118 cm³/mol. The molecule has 1 amide bonds. The van der Waals surface area contributed by atoms with Crippen LogP contribution in [0, 0.1) is 0 Å². The van der Waals surface area contributed by atoms with Crippen molar-refractivity contribution in [2.75, 3.05) is 32.1 Å². The molecule has 0 aromatic heterocycles. The highest BCUT2D eigenvalue weighted by molar-refractivity contribution is 7.89. The van der Waals surface area contributed by atoms with E-state index in [9.17, 15) is 13.2 Å². The number of carbonyl (C=O) groups is 1. The Labute approximate surface area is 176 Å². The van der Waals surface area contributed by atoms with Crippen LogP contribution in [0.5, 0.6) is 5.75 Å². The number of carbonyl (C=O) groups excluding carboxylic acids is 1. The van der Waals surface area contributed by atoms with Crippen LogP contribution >= 0.6 is 0 Å². The van der Waals surface area contributed by atoms with Crippen molar-refractivity contribution >= 4 is 32.4 Å². The van der Waals surface area contributed by atoms with Crippen molar-refractivity contribution in [2.45, 2.75) is 17.7 Å². The summed E-state index contributed by atoms with van der Waals surface area (Å²) < 4.78 is 32.9. The van der Waals surface area contributed by atoms with Crippen LogP contribution in [0.3, 0.4) is 0 Å². The summed E-state index contributed by atoms with van der Waals surface area (Å²) in [5, 5.41) is 2.12. The highest BCUT2D eigenvalue weighted by atomic mass is 32.2. The number of hydrogen-bond donors (Lipinski definition) is 0. The Morgan fingerprint density at radius 1 is 0.967 bits per heavy atom. The maximum absolute atomic E-state index is 13.2. The van der Waals surface area contributed by atoms with Gasteiger partial charge in [0.05, 0.1) is 7.11 Å². The van der Waals surface area contributed by atoms with Crippen LogP contribution in [-0.4, -0.2) is 45.9 Å². The van der Waals surface area contributed by atoms with Crippen molar-refractivity contribution in [3.63, 3.8) is 0 Å². The van der Waals surface area contributed by atoms with Gasteiger partial charge in [0.15, 0.2) is 0 Å². The minimum absolute atomic E-state index is 0.0321. The van der Waals surface area contributed by atoms with Gasteiger partial charge in [-0.1, -0.05) is 30.3 Å². The SMILES string of the molecule is COc1ccc(C(=O)N(C)c2ccc3ccccc3c2)cc1S(=O)(=O)N1CCCC1. The quantitative estimate of drug-likeness (QED) is 0.623. The molecule has 6 nitrogen and oxygen atoms in total. The minimum atomic E-state index is -3.72. The van der Waals surface area contributed by atoms with Crippen LogP contribution in [0.1, 0.15) is 23.2 Å². The zero-order chi connectivity index (χ0) is 21.3. The third-order valence-electron chi connectivity index (χ3n) is 5.52. The summed E-state index contributed by atoms with van der Waals surface area (Å²) in [5.41, 5.74) is 1.03. The molecule has 7 heteroatoms. The molecule has 1 heterocycles. The third-order valence-corrected chi connectivity index (χ3v) is 7.44. The number of hydrogen-bond acceptors (Lipinski definition) is 4. The fourth-order valence-electron chi connectivity index (χ4n) is 3.78. The first-order valence-corrected chi connectivity index (χ1v) is 11.3. The van der Waals surface area contributed by atoms with Gasteiger partial charge in [-0.05, 0) is 53.9 Å². The zero-order valence-electron chi connectivity index (χ0n) is 17.0. The Bertz CT molecular complexity index is 1200. The number of amides is 1.